The van der Waals surface area contributed by atoms with Gasteiger partial charge in [-0.25, -0.2) is 4.98 Å². The minimum absolute atomic E-state index is 0.0215. The van der Waals surface area contributed by atoms with Crippen molar-refractivity contribution in [1.82, 2.24) is 20.2 Å². The number of imidazole rings is 1. The van der Waals surface area contributed by atoms with Gasteiger partial charge in [0.1, 0.15) is 12.4 Å². The molecule has 5 heteroatoms. The molecule has 1 fully saturated rings. The average Bonchev–Trinajstić information content (AvgIpc) is 2.95. The first-order valence-corrected chi connectivity index (χ1v) is 6.48. The van der Waals surface area contributed by atoms with Gasteiger partial charge in [0, 0.05) is 24.0 Å². The Morgan fingerprint density at radius 2 is 2.22 bits per heavy atom. The summed E-state index contributed by atoms with van der Waals surface area (Å²) in [5, 5.41) is 6.36. The third-order valence-corrected chi connectivity index (χ3v) is 2.76. The van der Waals surface area contributed by atoms with E-state index in [4.69, 9.17) is 0 Å². The van der Waals surface area contributed by atoms with Crippen molar-refractivity contribution in [2.45, 2.75) is 58.3 Å². The van der Waals surface area contributed by atoms with E-state index in [0.717, 1.165) is 12.4 Å². The molecule has 0 atom stereocenters. The molecule has 1 saturated carbocycles. The van der Waals surface area contributed by atoms with E-state index in [0.29, 0.717) is 12.6 Å². The highest BCUT2D eigenvalue weighted by molar-refractivity contribution is 5.76. The lowest BCUT2D eigenvalue weighted by Gasteiger charge is -2.21. The predicted octanol–water partition coefficient (Wildman–Crippen LogP) is 1.05. The van der Waals surface area contributed by atoms with Crippen LogP contribution >= 0.6 is 0 Å². The Labute approximate surface area is 108 Å². The Morgan fingerprint density at radius 1 is 1.50 bits per heavy atom. The fraction of sp³-hybridized carbons (Fsp3) is 0.692. The first-order chi connectivity index (χ1) is 8.44. The number of nitrogens with zero attached hydrogens (tertiary/aromatic N) is 2. The van der Waals surface area contributed by atoms with E-state index in [2.05, 4.69) is 15.6 Å². The number of amides is 1. The van der Waals surface area contributed by atoms with Crippen molar-refractivity contribution in [1.29, 1.82) is 0 Å². The Balaban J connectivity index is 1.87. The molecule has 0 aromatic carbocycles. The van der Waals surface area contributed by atoms with Gasteiger partial charge in [-0.05, 0) is 33.6 Å². The summed E-state index contributed by atoms with van der Waals surface area (Å²) < 4.78 is 1.90. The summed E-state index contributed by atoms with van der Waals surface area (Å²) in [7, 11) is 0. The second kappa shape index (κ2) is 5.10. The van der Waals surface area contributed by atoms with Crippen LogP contribution in [0.1, 0.15) is 39.4 Å². The Morgan fingerprint density at radius 3 is 2.83 bits per heavy atom. The molecule has 5 nitrogen and oxygen atoms in total. The number of hydrogen-bond donors (Lipinski definition) is 2. The molecule has 1 aromatic heterocycles. The molecule has 0 spiro atoms. The molecule has 0 aliphatic heterocycles. The van der Waals surface area contributed by atoms with Gasteiger partial charge in [-0.1, -0.05) is 0 Å². The number of nitrogens with one attached hydrogen (secondary N) is 2. The monoisotopic (exact) mass is 250 g/mol. The number of carbonyl (C=O) groups is 1. The van der Waals surface area contributed by atoms with Crippen LogP contribution in [0, 0.1) is 0 Å². The van der Waals surface area contributed by atoms with Gasteiger partial charge >= 0.3 is 0 Å². The highest BCUT2D eigenvalue weighted by Crippen LogP contribution is 2.19. The summed E-state index contributed by atoms with van der Waals surface area (Å²) in [6, 6.07) is 0.651. The molecular weight excluding hydrogens is 228 g/mol. The van der Waals surface area contributed by atoms with Crippen molar-refractivity contribution in [3.8, 4) is 0 Å². The maximum Gasteiger partial charge on any atom is 0.240 e. The van der Waals surface area contributed by atoms with Gasteiger partial charge < -0.3 is 15.2 Å². The minimum atomic E-state index is -0.190. The Bertz CT molecular complexity index is 415. The van der Waals surface area contributed by atoms with Crippen LogP contribution in [-0.2, 0) is 17.9 Å². The van der Waals surface area contributed by atoms with Crippen LogP contribution < -0.4 is 10.6 Å². The van der Waals surface area contributed by atoms with Crippen molar-refractivity contribution in [2.75, 3.05) is 0 Å². The molecule has 0 bridgehead atoms. The number of hydrogen-bond acceptors (Lipinski definition) is 3. The minimum Gasteiger partial charge on any atom is -0.350 e. The van der Waals surface area contributed by atoms with Gasteiger partial charge in [0.05, 0.1) is 6.54 Å². The van der Waals surface area contributed by atoms with Crippen molar-refractivity contribution in [2.24, 2.45) is 0 Å². The molecule has 1 heterocycles. The molecule has 0 radical (unpaired) electrons. The van der Waals surface area contributed by atoms with Crippen LogP contribution in [-0.4, -0.2) is 27.0 Å². The van der Waals surface area contributed by atoms with Gasteiger partial charge in [-0.3, -0.25) is 4.79 Å². The van der Waals surface area contributed by atoms with E-state index in [9.17, 15) is 4.79 Å². The topological polar surface area (TPSA) is 59.0 Å². The van der Waals surface area contributed by atoms with Crippen LogP contribution in [0.2, 0.25) is 0 Å². The van der Waals surface area contributed by atoms with Crippen LogP contribution in [0.3, 0.4) is 0 Å². The number of carbonyl (C=O) groups excluding carboxylic acids is 1. The number of rotatable bonds is 5. The second-order valence-corrected chi connectivity index (χ2v) is 5.92. The third kappa shape index (κ3) is 4.14. The zero-order valence-corrected chi connectivity index (χ0v) is 11.4. The zero-order chi connectivity index (χ0) is 13.2. The Hall–Kier alpha value is -1.36. The van der Waals surface area contributed by atoms with E-state index in [1.165, 1.54) is 12.8 Å². The molecule has 1 aromatic rings. The molecule has 2 rings (SSSR count). The molecule has 18 heavy (non-hydrogen) atoms. The van der Waals surface area contributed by atoms with Crippen LogP contribution in [0.4, 0.5) is 0 Å². The zero-order valence-electron chi connectivity index (χ0n) is 11.4. The molecule has 1 amide bonds. The largest absolute Gasteiger partial charge is 0.350 e. The Kier molecular flexibility index (Phi) is 3.71. The highest BCUT2D eigenvalue weighted by atomic mass is 16.2. The van der Waals surface area contributed by atoms with Crippen molar-refractivity contribution >= 4 is 5.91 Å². The van der Waals surface area contributed by atoms with E-state index in [1.807, 2.05) is 31.5 Å². The van der Waals surface area contributed by atoms with Crippen molar-refractivity contribution in [3.63, 3.8) is 0 Å². The first kappa shape index (κ1) is 13.1. The van der Waals surface area contributed by atoms with Gasteiger partial charge in [-0.2, -0.15) is 0 Å². The highest BCUT2D eigenvalue weighted by Gasteiger charge is 2.21. The fourth-order valence-corrected chi connectivity index (χ4v) is 1.79. The number of aromatic nitrogens is 2. The van der Waals surface area contributed by atoms with Crippen LogP contribution in [0.5, 0.6) is 0 Å². The SMILES string of the molecule is CC(C)(C)NC(=O)Cn1ccnc1CNC1CC1. The molecule has 100 valence electrons. The summed E-state index contributed by atoms with van der Waals surface area (Å²) in [6.45, 7) is 7.01. The summed E-state index contributed by atoms with van der Waals surface area (Å²) in [5.74, 6) is 0.944. The maximum atomic E-state index is 11.8. The van der Waals surface area contributed by atoms with Crippen LogP contribution in [0.25, 0.3) is 0 Å². The average molecular weight is 250 g/mol. The van der Waals surface area contributed by atoms with Gasteiger partial charge in [0.2, 0.25) is 5.91 Å². The first-order valence-electron chi connectivity index (χ1n) is 6.48. The lowest BCUT2D eigenvalue weighted by molar-refractivity contribution is -0.123. The normalized spacial score (nSPS) is 15.7. The van der Waals surface area contributed by atoms with Gasteiger partial charge in [-0.15, -0.1) is 0 Å². The maximum absolute atomic E-state index is 11.8. The third-order valence-electron chi connectivity index (χ3n) is 2.76. The van der Waals surface area contributed by atoms with E-state index in [1.54, 1.807) is 6.20 Å². The van der Waals surface area contributed by atoms with Crippen molar-refractivity contribution < 1.29 is 4.79 Å². The van der Waals surface area contributed by atoms with E-state index >= 15 is 0 Å². The van der Waals surface area contributed by atoms with Crippen molar-refractivity contribution in [3.05, 3.63) is 18.2 Å². The lowest BCUT2D eigenvalue weighted by Crippen LogP contribution is -2.42. The van der Waals surface area contributed by atoms with Crippen LogP contribution in [0.15, 0.2) is 12.4 Å². The smallest absolute Gasteiger partial charge is 0.240 e. The van der Waals surface area contributed by atoms with Gasteiger partial charge in [0.25, 0.3) is 0 Å². The molecule has 2 N–H and O–H groups in total. The molecule has 1 aliphatic carbocycles. The fourth-order valence-electron chi connectivity index (χ4n) is 1.79. The molecule has 0 saturated heterocycles. The predicted molar refractivity (Wildman–Crippen MR) is 70.0 cm³/mol. The second-order valence-electron chi connectivity index (χ2n) is 5.92. The summed E-state index contributed by atoms with van der Waals surface area (Å²) in [6.07, 6.45) is 6.11. The summed E-state index contributed by atoms with van der Waals surface area (Å²) >= 11 is 0. The summed E-state index contributed by atoms with van der Waals surface area (Å²) in [5.41, 5.74) is -0.190. The summed E-state index contributed by atoms with van der Waals surface area (Å²) in [4.78, 5) is 16.1. The van der Waals surface area contributed by atoms with E-state index in [-0.39, 0.29) is 11.4 Å². The van der Waals surface area contributed by atoms with E-state index < -0.39 is 0 Å². The van der Waals surface area contributed by atoms with Gasteiger partial charge in [0.15, 0.2) is 0 Å². The lowest BCUT2D eigenvalue weighted by atomic mass is 10.1. The molecule has 1 aliphatic rings. The molecular formula is C13H22N4O. The quantitative estimate of drug-likeness (QED) is 0.821. The standard InChI is InChI=1S/C13H22N4O/c1-13(2,3)16-12(18)9-17-7-6-14-11(17)8-15-10-4-5-10/h6-7,10,15H,4-5,8-9H2,1-3H3,(H,16,18). The molecule has 0 unspecified atom stereocenters.